The lowest BCUT2D eigenvalue weighted by molar-refractivity contribution is 0.293. The Hall–Kier alpha value is -0.690. The molecule has 1 aromatic carbocycles. The van der Waals surface area contributed by atoms with Gasteiger partial charge in [-0.3, -0.25) is 0 Å². The lowest BCUT2D eigenvalue weighted by Gasteiger charge is -2.39. The van der Waals surface area contributed by atoms with E-state index in [1.807, 2.05) is 0 Å². The van der Waals surface area contributed by atoms with Gasteiger partial charge in [0, 0.05) is 24.7 Å². The Labute approximate surface area is 110 Å². The van der Waals surface area contributed by atoms with E-state index in [2.05, 4.69) is 43.9 Å². The highest BCUT2D eigenvalue weighted by Crippen LogP contribution is 2.32. The molecule has 0 amide bonds. The molecule has 0 atom stereocenters. The van der Waals surface area contributed by atoms with Gasteiger partial charge in [-0.05, 0) is 48.4 Å². The number of hydrogen-bond donors (Lipinski definition) is 0. The average Bonchev–Trinajstić information content (AvgIpc) is 2.27. The fraction of sp³-hybridized carbons (Fsp3) is 0.600. The van der Waals surface area contributed by atoms with Crippen molar-refractivity contribution in [3.05, 3.63) is 29.3 Å². The molecule has 0 saturated carbocycles. The van der Waals surface area contributed by atoms with Gasteiger partial charge < -0.3 is 4.90 Å². The van der Waals surface area contributed by atoms with Gasteiger partial charge in [0.15, 0.2) is 0 Å². The molecule has 2 rings (SSSR count). The van der Waals surface area contributed by atoms with Gasteiger partial charge in [-0.15, -0.1) is 11.6 Å². The minimum Gasteiger partial charge on any atom is -0.371 e. The van der Waals surface area contributed by atoms with Crippen molar-refractivity contribution in [1.29, 1.82) is 0 Å². The number of benzene rings is 1. The van der Waals surface area contributed by atoms with Crippen molar-refractivity contribution >= 4 is 17.3 Å². The van der Waals surface area contributed by atoms with Crippen LogP contribution in [0.25, 0.3) is 0 Å². The zero-order valence-corrected chi connectivity index (χ0v) is 11.8. The first-order valence-electron chi connectivity index (χ1n) is 6.42. The number of alkyl halides is 1. The number of hydrogen-bond acceptors (Lipinski definition) is 1. The lowest BCUT2D eigenvalue weighted by atomic mass is 9.84. The molecule has 1 aromatic rings. The fourth-order valence-corrected chi connectivity index (χ4v) is 2.97. The summed E-state index contributed by atoms with van der Waals surface area (Å²) in [6, 6.07) is 6.66. The molecule has 0 aromatic heterocycles. The van der Waals surface area contributed by atoms with E-state index in [0.29, 0.717) is 11.3 Å². The van der Waals surface area contributed by atoms with Crippen molar-refractivity contribution in [2.75, 3.05) is 18.0 Å². The third-order valence-corrected chi connectivity index (χ3v) is 4.02. The number of rotatable bonds is 2. The van der Waals surface area contributed by atoms with E-state index in [4.69, 9.17) is 11.6 Å². The minimum atomic E-state index is 0.442. The molecule has 0 unspecified atom stereocenters. The molecule has 17 heavy (non-hydrogen) atoms. The normalized spacial score (nSPS) is 19.4. The van der Waals surface area contributed by atoms with Crippen molar-refractivity contribution in [1.82, 2.24) is 0 Å². The Morgan fingerprint density at radius 2 is 2.12 bits per heavy atom. The molecule has 1 saturated heterocycles. The van der Waals surface area contributed by atoms with Crippen LogP contribution >= 0.6 is 11.6 Å². The summed E-state index contributed by atoms with van der Waals surface area (Å²) in [7, 11) is 0. The molecule has 1 heterocycles. The third-order valence-electron chi connectivity index (χ3n) is 3.74. The topological polar surface area (TPSA) is 3.24 Å². The molecule has 1 aliphatic rings. The standard InChI is InChI=1S/C15H22ClN/c1-12-9-14(6-5-13(12)10-16)17-8-4-7-15(2,3)11-17/h5-6,9H,4,7-8,10-11H2,1-3H3. The number of aryl methyl sites for hydroxylation is 1. The van der Waals surface area contributed by atoms with Crippen molar-refractivity contribution in [2.24, 2.45) is 5.41 Å². The van der Waals surface area contributed by atoms with Crippen LogP contribution in [0.4, 0.5) is 5.69 Å². The minimum absolute atomic E-state index is 0.442. The van der Waals surface area contributed by atoms with Crippen LogP contribution in [0.5, 0.6) is 0 Å². The van der Waals surface area contributed by atoms with Gasteiger partial charge in [0.05, 0.1) is 0 Å². The summed E-state index contributed by atoms with van der Waals surface area (Å²) in [6.07, 6.45) is 2.63. The lowest BCUT2D eigenvalue weighted by Crippen LogP contribution is -2.40. The molecule has 1 fully saturated rings. The first-order valence-corrected chi connectivity index (χ1v) is 6.96. The van der Waals surface area contributed by atoms with E-state index < -0.39 is 0 Å². The van der Waals surface area contributed by atoms with Crippen LogP contribution in [0, 0.1) is 12.3 Å². The van der Waals surface area contributed by atoms with Crippen LogP contribution < -0.4 is 4.90 Å². The third kappa shape index (κ3) is 2.95. The maximum absolute atomic E-state index is 5.90. The molecule has 2 heteroatoms. The van der Waals surface area contributed by atoms with E-state index in [-0.39, 0.29) is 0 Å². The molecule has 0 N–H and O–H groups in total. The van der Waals surface area contributed by atoms with Crippen molar-refractivity contribution < 1.29 is 0 Å². The Bertz CT molecular complexity index is 398. The summed E-state index contributed by atoms with van der Waals surface area (Å²) in [5, 5.41) is 0. The fourth-order valence-electron chi connectivity index (χ4n) is 2.67. The summed E-state index contributed by atoms with van der Waals surface area (Å²) in [5.41, 5.74) is 4.34. The van der Waals surface area contributed by atoms with Crippen LogP contribution in [0.15, 0.2) is 18.2 Å². The monoisotopic (exact) mass is 251 g/mol. The predicted octanol–water partition coefficient (Wildman–Crippen LogP) is 4.36. The summed E-state index contributed by atoms with van der Waals surface area (Å²) >= 11 is 5.90. The van der Waals surface area contributed by atoms with Crippen LogP contribution in [0.1, 0.15) is 37.8 Å². The quantitative estimate of drug-likeness (QED) is 0.706. The second-order valence-corrected chi connectivity index (χ2v) is 6.20. The van der Waals surface area contributed by atoms with Gasteiger partial charge in [-0.25, -0.2) is 0 Å². The molecule has 0 bridgehead atoms. The summed E-state index contributed by atoms with van der Waals surface area (Å²) in [6.45, 7) is 9.21. The van der Waals surface area contributed by atoms with E-state index in [1.54, 1.807) is 0 Å². The Kier molecular flexibility index (Phi) is 3.67. The van der Waals surface area contributed by atoms with Crippen molar-refractivity contribution in [3.63, 3.8) is 0 Å². The summed E-state index contributed by atoms with van der Waals surface area (Å²) in [4.78, 5) is 2.51. The highest BCUT2D eigenvalue weighted by Gasteiger charge is 2.26. The van der Waals surface area contributed by atoms with E-state index in [1.165, 1.54) is 36.2 Å². The molecular weight excluding hydrogens is 230 g/mol. The van der Waals surface area contributed by atoms with Crippen molar-refractivity contribution in [3.8, 4) is 0 Å². The molecule has 94 valence electrons. The van der Waals surface area contributed by atoms with Gasteiger partial charge in [-0.2, -0.15) is 0 Å². The molecule has 0 radical (unpaired) electrons. The largest absolute Gasteiger partial charge is 0.371 e. The molecule has 1 aliphatic heterocycles. The highest BCUT2D eigenvalue weighted by atomic mass is 35.5. The SMILES string of the molecule is Cc1cc(N2CCCC(C)(C)C2)ccc1CCl. The first kappa shape index (κ1) is 12.8. The van der Waals surface area contributed by atoms with Crippen LogP contribution in [-0.2, 0) is 5.88 Å². The van der Waals surface area contributed by atoms with Gasteiger partial charge >= 0.3 is 0 Å². The molecular formula is C15H22ClN. The smallest absolute Gasteiger partial charge is 0.0476 e. The van der Waals surface area contributed by atoms with Crippen molar-refractivity contribution in [2.45, 2.75) is 39.5 Å². The van der Waals surface area contributed by atoms with Gasteiger partial charge in [0.1, 0.15) is 0 Å². The average molecular weight is 252 g/mol. The second-order valence-electron chi connectivity index (χ2n) is 5.93. The molecule has 0 spiro atoms. The predicted molar refractivity (Wildman–Crippen MR) is 76.0 cm³/mol. The summed E-state index contributed by atoms with van der Waals surface area (Å²) < 4.78 is 0. The number of piperidine rings is 1. The second kappa shape index (κ2) is 4.89. The summed E-state index contributed by atoms with van der Waals surface area (Å²) in [5.74, 6) is 0.609. The van der Waals surface area contributed by atoms with Gasteiger partial charge in [0.2, 0.25) is 0 Å². The van der Waals surface area contributed by atoms with E-state index in [0.717, 1.165) is 6.54 Å². The maximum atomic E-state index is 5.90. The Balaban J connectivity index is 2.19. The highest BCUT2D eigenvalue weighted by molar-refractivity contribution is 6.17. The zero-order valence-electron chi connectivity index (χ0n) is 11.1. The zero-order chi connectivity index (χ0) is 12.5. The molecule has 1 nitrogen and oxygen atoms in total. The van der Waals surface area contributed by atoms with E-state index in [9.17, 15) is 0 Å². The molecule has 0 aliphatic carbocycles. The Morgan fingerprint density at radius 3 is 2.71 bits per heavy atom. The van der Waals surface area contributed by atoms with Crippen LogP contribution in [-0.4, -0.2) is 13.1 Å². The number of anilines is 1. The Morgan fingerprint density at radius 1 is 1.35 bits per heavy atom. The number of halogens is 1. The maximum Gasteiger partial charge on any atom is 0.0476 e. The number of nitrogens with zero attached hydrogens (tertiary/aromatic N) is 1. The van der Waals surface area contributed by atoms with Gasteiger partial charge in [0.25, 0.3) is 0 Å². The van der Waals surface area contributed by atoms with Crippen LogP contribution in [0.2, 0.25) is 0 Å². The van der Waals surface area contributed by atoms with E-state index >= 15 is 0 Å². The first-order chi connectivity index (χ1) is 8.02. The van der Waals surface area contributed by atoms with Gasteiger partial charge in [-0.1, -0.05) is 19.9 Å². The van der Waals surface area contributed by atoms with Crippen LogP contribution in [0.3, 0.4) is 0 Å².